The molecule has 10 heteroatoms. The molecular formula is C16H13ClF3N3O2S. The highest BCUT2D eigenvalue weighted by atomic mass is 35.5. The number of hydrogen-bond acceptors (Lipinski definition) is 4. The molecule has 0 spiro atoms. The van der Waals surface area contributed by atoms with Crippen molar-refractivity contribution in [1.82, 2.24) is 4.98 Å². The van der Waals surface area contributed by atoms with Gasteiger partial charge in [-0.2, -0.15) is 13.2 Å². The average molecular weight is 404 g/mol. The molecule has 5 nitrogen and oxygen atoms in total. The highest BCUT2D eigenvalue weighted by Crippen LogP contribution is 2.30. The van der Waals surface area contributed by atoms with Gasteiger partial charge in [-0.3, -0.25) is 9.59 Å². The van der Waals surface area contributed by atoms with Crippen LogP contribution in [0.25, 0.3) is 0 Å². The SMILES string of the molecule is CC(=O)Nc1ccc(NC(=O)CSc2ccc(C(F)(F)F)cn2)c(Cl)c1. The van der Waals surface area contributed by atoms with Crippen molar-refractivity contribution in [3.05, 3.63) is 47.1 Å². The van der Waals surface area contributed by atoms with E-state index in [9.17, 15) is 22.8 Å². The third kappa shape index (κ3) is 5.92. The van der Waals surface area contributed by atoms with Gasteiger partial charge in [-0.25, -0.2) is 4.98 Å². The van der Waals surface area contributed by atoms with Gasteiger partial charge >= 0.3 is 6.18 Å². The van der Waals surface area contributed by atoms with Crippen molar-refractivity contribution in [2.75, 3.05) is 16.4 Å². The van der Waals surface area contributed by atoms with Gasteiger partial charge in [0.15, 0.2) is 0 Å². The molecule has 2 aromatic rings. The number of carbonyl (C=O) groups is 2. The first-order valence-electron chi connectivity index (χ1n) is 7.18. The second kappa shape index (κ2) is 8.41. The minimum Gasteiger partial charge on any atom is -0.326 e. The Labute approximate surface area is 156 Å². The van der Waals surface area contributed by atoms with Crippen LogP contribution in [0.15, 0.2) is 41.6 Å². The van der Waals surface area contributed by atoms with E-state index in [2.05, 4.69) is 15.6 Å². The zero-order valence-electron chi connectivity index (χ0n) is 13.4. The van der Waals surface area contributed by atoms with Gasteiger partial charge < -0.3 is 10.6 Å². The van der Waals surface area contributed by atoms with E-state index < -0.39 is 17.6 Å². The van der Waals surface area contributed by atoms with Crippen LogP contribution in [0.5, 0.6) is 0 Å². The van der Waals surface area contributed by atoms with Crippen molar-refractivity contribution < 1.29 is 22.8 Å². The number of hydrogen-bond donors (Lipinski definition) is 2. The van der Waals surface area contributed by atoms with E-state index in [1.807, 2.05) is 0 Å². The predicted molar refractivity (Wildman–Crippen MR) is 94.3 cm³/mol. The topological polar surface area (TPSA) is 71.1 Å². The predicted octanol–water partition coefficient (Wildman–Crippen LogP) is 4.44. The molecule has 0 bridgehead atoms. The van der Waals surface area contributed by atoms with Crippen LogP contribution in [0.4, 0.5) is 24.5 Å². The number of anilines is 2. The van der Waals surface area contributed by atoms with Gasteiger partial charge in [0.2, 0.25) is 11.8 Å². The third-order valence-electron chi connectivity index (χ3n) is 2.98. The maximum atomic E-state index is 12.5. The molecule has 0 fully saturated rings. The second-order valence-corrected chi connectivity index (χ2v) is 6.50. The molecule has 0 atom stereocenters. The minimum absolute atomic E-state index is 0.0534. The molecule has 0 unspecified atom stereocenters. The maximum Gasteiger partial charge on any atom is 0.417 e. The largest absolute Gasteiger partial charge is 0.417 e. The summed E-state index contributed by atoms with van der Waals surface area (Å²) in [5.74, 6) is -0.702. The lowest BCUT2D eigenvalue weighted by Crippen LogP contribution is -2.14. The van der Waals surface area contributed by atoms with Crippen molar-refractivity contribution in [3.8, 4) is 0 Å². The van der Waals surface area contributed by atoms with Crippen LogP contribution in [-0.4, -0.2) is 22.6 Å². The van der Waals surface area contributed by atoms with Crippen molar-refractivity contribution in [1.29, 1.82) is 0 Å². The lowest BCUT2D eigenvalue weighted by molar-refractivity contribution is -0.137. The smallest absolute Gasteiger partial charge is 0.326 e. The Bertz CT molecular complexity index is 813. The van der Waals surface area contributed by atoms with Gasteiger partial charge in [-0.1, -0.05) is 23.4 Å². The Morgan fingerprint density at radius 3 is 2.46 bits per heavy atom. The molecular weight excluding hydrogens is 391 g/mol. The van der Waals surface area contributed by atoms with E-state index in [4.69, 9.17) is 11.6 Å². The van der Waals surface area contributed by atoms with E-state index in [1.165, 1.54) is 25.1 Å². The molecule has 1 heterocycles. The fourth-order valence-corrected chi connectivity index (χ4v) is 2.73. The van der Waals surface area contributed by atoms with Crippen LogP contribution in [0.2, 0.25) is 5.02 Å². The number of thioether (sulfide) groups is 1. The fraction of sp³-hybridized carbons (Fsp3) is 0.188. The highest BCUT2D eigenvalue weighted by Gasteiger charge is 2.30. The molecule has 0 radical (unpaired) electrons. The number of pyridine rings is 1. The Balaban J connectivity index is 1.92. The first kappa shape index (κ1) is 20.1. The molecule has 0 aliphatic carbocycles. The zero-order chi connectivity index (χ0) is 19.3. The van der Waals surface area contributed by atoms with E-state index in [-0.39, 0.29) is 16.7 Å². The van der Waals surface area contributed by atoms with Crippen LogP contribution in [0, 0.1) is 0 Å². The van der Waals surface area contributed by atoms with Crippen LogP contribution in [0.1, 0.15) is 12.5 Å². The van der Waals surface area contributed by atoms with Crippen molar-refractivity contribution in [2.45, 2.75) is 18.1 Å². The number of alkyl halides is 3. The summed E-state index contributed by atoms with van der Waals surface area (Å²) >= 11 is 7.04. The summed E-state index contributed by atoms with van der Waals surface area (Å²) in [4.78, 5) is 26.6. The molecule has 2 amide bonds. The summed E-state index contributed by atoms with van der Waals surface area (Å²) < 4.78 is 37.4. The van der Waals surface area contributed by atoms with Gasteiger partial charge in [-0.15, -0.1) is 0 Å². The van der Waals surface area contributed by atoms with Crippen LogP contribution >= 0.6 is 23.4 Å². The second-order valence-electron chi connectivity index (χ2n) is 5.10. The Morgan fingerprint density at radius 1 is 1.19 bits per heavy atom. The molecule has 0 saturated carbocycles. The third-order valence-corrected chi connectivity index (χ3v) is 4.23. The number of carbonyl (C=O) groups excluding carboxylic acids is 2. The monoisotopic (exact) mass is 403 g/mol. The Hall–Kier alpha value is -2.26. The van der Waals surface area contributed by atoms with Crippen molar-refractivity contribution in [2.24, 2.45) is 0 Å². The lowest BCUT2D eigenvalue weighted by Gasteiger charge is -2.09. The fourth-order valence-electron chi connectivity index (χ4n) is 1.86. The number of benzene rings is 1. The molecule has 0 aliphatic rings. The van der Waals surface area contributed by atoms with Gasteiger partial charge in [0.05, 0.1) is 27.1 Å². The van der Waals surface area contributed by atoms with Crippen LogP contribution in [-0.2, 0) is 15.8 Å². The summed E-state index contributed by atoms with van der Waals surface area (Å²) in [5.41, 5.74) is -0.00656. The molecule has 2 N–H and O–H groups in total. The molecule has 0 aliphatic heterocycles. The molecule has 1 aromatic heterocycles. The van der Waals surface area contributed by atoms with Gasteiger partial charge in [0.1, 0.15) is 0 Å². The summed E-state index contributed by atoms with van der Waals surface area (Å²) in [6.07, 6.45) is -3.73. The van der Waals surface area contributed by atoms with Gasteiger partial charge in [0.25, 0.3) is 0 Å². The maximum absolute atomic E-state index is 12.5. The number of amides is 2. The average Bonchev–Trinajstić information content (AvgIpc) is 2.54. The van der Waals surface area contributed by atoms with Crippen LogP contribution < -0.4 is 10.6 Å². The lowest BCUT2D eigenvalue weighted by atomic mass is 10.2. The molecule has 2 rings (SSSR count). The molecule has 138 valence electrons. The summed E-state index contributed by atoms with van der Waals surface area (Å²) in [7, 11) is 0. The number of aromatic nitrogens is 1. The van der Waals surface area contributed by atoms with Crippen LogP contribution in [0.3, 0.4) is 0 Å². The number of halogens is 4. The first-order valence-corrected chi connectivity index (χ1v) is 8.54. The Kier molecular flexibility index (Phi) is 6.49. The summed E-state index contributed by atoms with van der Waals surface area (Å²) in [5, 5.41) is 5.67. The van der Waals surface area contributed by atoms with Crippen molar-refractivity contribution in [3.63, 3.8) is 0 Å². The molecule has 26 heavy (non-hydrogen) atoms. The van der Waals surface area contributed by atoms with E-state index in [1.54, 1.807) is 6.07 Å². The standard InChI is InChI=1S/C16H13ClF3N3O2S/c1-9(24)22-11-3-4-13(12(17)6-11)23-14(25)8-26-15-5-2-10(7-21-15)16(18,19)20/h2-7H,8H2,1H3,(H,22,24)(H,23,25). The zero-order valence-corrected chi connectivity index (χ0v) is 14.9. The Morgan fingerprint density at radius 2 is 1.92 bits per heavy atom. The quantitative estimate of drug-likeness (QED) is 0.724. The van der Waals surface area contributed by atoms with E-state index in [0.29, 0.717) is 16.4 Å². The minimum atomic E-state index is -4.45. The summed E-state index contributed by atoms with van der Waals surface area (Å²) in [6, 6.07) is 6.71. The summed E-state index contributed by atoms with van der Waals surface area (Å²) in [6.45, 7) is 1.36. The number of nitrogens with zero attached hydrogens (tertiary/aromatic N) is 1. The van der Waals surface area contributed by atoms with Crippen molar-refractivity contribution >= 4 is 46.6 Å². The normalized spacial score (nSPS) is 11.1. The highest BCUT2D eigenvalue weighted by molar-refractivity contribution is 7.99. The van der Waals surface area contributed by atoms with E-state index >= 15 is 0 Å². The number of nitrogens with one attached hydrogen (secondary N) is 2. The first-order chi connectivity index (χ1) is 12.1. The molecule has 1 aromatic carbocycles. The van der Waals surface area contributed by atoms with Gasteiger partial charge in [-0.05, 0) is 30.3 Å². The number of rotatable bonds is 5. The van der Waals surface area contributed by atoms with Gasteiger partial charge in [0, 0.05) is 18.8 Å². The molecule has 0 saturated heterocycles. The van der Waals surface area contributed by atoms with E-state index in [0.717, 1.165) is 24.0 Å².